The molecule has 2 aromatic rings. The van der Waals surface area contributed by atoms with Gasteiger partial charge in [-0.1, -0.05) is 33.2 Å². The Hall–Kier alpha value is -1.36. The lowest BCUT2D eigenvalue weighted by Gasteiger charge is -2.32. The molecule has 3 rings (SSSR count). The maximum Gasteiger partial charge on any atom is 0.228 e. The largest absolute Gasteiger partial charge is 0.356 e. The Morgan fingerprint density at radius 3 is 3.14 bits per heavy atom. The number of fused-ring (bicyclic) bond motifs is 1. The molecule has 4 nitrogen and oxygen atoms in total. The summed E-state index contributed by atoms with van der Waals surface area (Å²) in [6.45, 7) is 1.74. The van der Waals surface area contributed by atoms with Crippen molar-refractivity contribution < 1.29 is 9.32 Å². The third-order valence-corrected chi connectivity index (χ3v) is 4.62. The van der Waals surface area contributed by atoms with Crippen LogP contribution in [-0.2, 0) is 11.2 Å². The summed E-state index contributed by atoms with van der Waals surface area (Å²) >= 11 is 3.49. The Labute approximate surface area is 132 Å². The number of piperidine rings is 1. The molecule has 0 spiro atoms. The third-order valence-electron chi connectivity index (χ3n) is 4.16. The van der Waals surface area contributed by atoms with Gasteiger partial charge in [-0.05, 0) is 37.3 Å². The summed E-state index contributed by atoms with van der Waals surface area (Å²) in [5.74, 6) is 0.782. The highest BCUT2D eigenvalue weighted by Crippen LogP contribution is 2.23. The van der Waals surface area contributed by atoms with E-state index in [9.17, 15) is 4.79 Å². The van der Waals surface area contributed by atoms with E-state index in [0.717, 1.165) is 47.9 Å². The first kappa shape index (κ1) is 14.6. The molecule has 0 aliphatic carbocycles. The van der Waals surface area contributed by atoms with Crippen molar-refractivity contribution in [2.45, 2.75) is 25.7 Å². The Kier molecular flexibility index (Phi) is 4.58. The predicted molar refractivity (Wildman–Crippen MR) is 85.4 cm³/mol. The van der Waals surface area contributed by atoms with E-state index in [4.69, 9.17) is 4.52 Å². The zero-order chi connectivity index (χ0) is 14.7. The van der Waals surface area contributed by atoms with Crippen LogP contribution < -0.4 is 0 Å². The van der Waals surface area contributed by atoms with Crippen molar-refractivity contribution in [1.82, 2.24) is 10.1 Å². The quantitative estimate of drug-likeness (QED) is 0.794. The molecule has 21 heavy (non-hydrogen) atoms. The van der Waals surface area contributed by atoms with E-state index in [2.05, 4.69) is 21.1 Å². The summed E-state index contributed by atoms with van der Waals surface area (Å²) in [5, 5.41) is 6.01. The second-order valence-electron chi connectivity index (χ2n) is 5.63. The van der Waals surface area contributed by atoms with Gasteiger partial charge in [0.15, 0.2) is 5.58 Å². The van der Waals surface area contributed by atoms with Crippen LogP contribution in [0.25, 0.3) is 11.0 Å². The molecule has 1 aromatic carbocycles. The SMILES string of the molecule is O=C(Cc1noc2ccccc12)N1CCCC(CCBr)C1. The molecule has 0 N–H and O–H groups in total. The lowest BCUT2D eigenvalue weighted by Crippen LogP contribution is -2.40. The fourth-order valence-corrected chi connectivity index (χ4v) is 3.65. The Morgan fingerprint density at radius 1 is 1.43 bits per heavy atom. The fourth-order valence-electron chi connectivity index (χ4n) is 3.00. The Bertz CT molecular complexity index is 624. The second kappa shape index (κ2) is 6.60. The number of rotatable bonds is 4. The van der Waals surface area contributed by atoms with Gasteiger partial charge in [0, 0.05) is 23.8 Å². The number of carbonyl (C=O) groups is 1. The minimum atomic E-state index is 0.160. The summed E-state index contributed by atoms with van der Waals surface area (Å²) in [6.07, 6.45) is 3.79. The van der Waals surface area contributed by atoms with Gasteiger partial charge in [0.25, 0.3) is 0 Å². The molecule has 1 amide bonds. The molecule has 1 saturated heterocycles. The normalized spacial score (nSPS) is 19.1. The van der Waals surface area contributed by atoms with E-state index in [1.165, 1.54) is 6.42 Å². The average molecular weight is 351 g/mol. The number of nitrogens with zero attached hydrogens (tertiary/aromatic N) is 2. The molecule has 1 aromatic heterocycles. The number of carbonyl (C=O) groups excluding carboxylic acids is 1. The molecule has 2 heterocycles. The van der Waals surface area contributed by atoms with Gasteiger partial charge in [0.2, 0.25) is 5.91 Å². The van der Waals surface area contributed by atoms with Crippen molar-refractivity contribution >= 4 is 32.8 Å². The van der Waals surface area contributed by atoms with Crippen LogP contribution in [0.1, 0.15) is 25.0 Å². The summed E-state index contributed by atoms with van der Waals surface area (Å²) < 4.78 is 5.27. The second-order valence-corrected chi connectivity index (χ2v) is 6.42. The summed E-state index contributed by atoms with van der Waals surface area (Å²) in [7, 11) is 0. The molecular weight excluding hydrogens is 332 g/mol. The Morgan fingerprint density at radius 2 is 2.29 bits per heavy atom. The van der Waals surface area contributed by atoms with Crippen molar-refractivity contribution in [3.63, 3.8) is 0 Å². The number of aromatic nitrogens is 1. The summed E-state index contributed by atoms with van der Waals surface area (Å²) in [6, 6.07) is 7.69. The van der Waals surface area contributed by atoms with Crippen molar-refractivity contribution in [2.24, 2.45) is 5.92 Å². The standard InChI is InChI=1S/C16H19BrN2O2/c17-8-7-12-4-3-9-19(11-12)16(20)10-14-13-5-1-2-6-15(13)21-18-14/h1-2,5-6,12H,3-4,7-11H2. The lowest BCUT2D eigenvalue weighted by atomic mass is 9.95. The van der Waals surface area contributed by atoms with E-state index in [0.29, 0.717) is 12.3 Å². The fraction of sp³-hybridized carbons (Fsp3) is 0.500. The van der Waals surface area contributed by atoms with Crippen LogP contribution in [-0.4, -0.2) is 34.4 Å². The van der Waals surface area contributed by atoms with Gasteiger partial charge in [0.1, 0.15) is 5.69 Å². The van der Waals surface area contributed by atoms with Crippen molar-refractivity contribution in [1.29, 1.82) is 0 Å². The highest BCUT2D eigenvalue weighted by molar-refractivity contribution is 9.09. The number of hydrogen-bond donors (Lipinski definition) is 0. The van der Waals surface area contributed by atoms with Crippen LogP contribution in [0.2, 0.25) is 0 Å². The maximum absolute atomic E-state index is 12.5. The number of hydrogen-bond acceptors (Lipinski definition) is 3. The van der Waals surface area contributed by atoms with Gasteiger partial charge in [-0.15, -0.1) is 0 Å². The van der Waals surface area contributed by atoms with Crippen molar-refractivity contribution in [2.75, 3.05) is 18.4 Å². The highest BCUT2D eigenvalue weighted by atomic mass is 79.9. The van der Waals surface area contributed by atoms with E-state index >= 15 is 0 Å². The van der Waals surface area contributed by atoms with Crippen LogP contribution in [0.5, 0.6) is 0 Å². The van der Waals surface area contributed by atoms with Gasteiger partial charge >= 0.3 is 0 Å². The minimum Gasteiger partial charge on any atom is -0.356 e. The molecule has 1 atom stereocenters. The first-order chi connectivity index (χ1) is 10.3. The van der Waals surface area contributed by atoms with E-state index in [1.54, 1.807) is 0 Å². The predicted octanol–water partition coefficient (Wildman–Crippen LogP) is 3.39. The molecule has 0 saturated carbocycles. The zero-order valence-electron chi connectivity index (χ0n) is 11.9. The van der Waals surface area contributed by atoms with Gasteiger partial charge in [-0.2, -0.15) is 0 Å². The van der Waals surface area contributed by atoms with Gasteiger partial charge in [-0.25, -0.2) is 0 Å². The molecule has 112 valence electrons. The number of amides is 1. The molecule has 5 heteroatoms. The van der Waals surface area contributed by atoms with E-state index in [-0.39, 0.29) is 5.91 Å². The van der Waals surface area contributed by atoms with E-state index in [1.807, 2.05) is 29.2 Å². The minimum absolute atomic E-state index is 0.160. The molecule has 1 fully saturated rings. The number of benzene rings is 1. The summed E-state index contributed by atoms with van der Waals surface area (Å²) in [5.41, 5.74) is 1.49. The first-order valence-electron chi connectivity index (χ1n) is 7.45. The van der Waals surface area contributed by atoms with Crippen LogP contribution in [0, 0.1) is 5.92 Å². The lowest BCUT2D eigenvalue weighted by molar-refractivity contribution is -0.132. The molecule has 0 bridgehead atoms. The van der Waals surface area contributed by atoms with Gasteiger partial charge < -0.3 is 9.42 Å². The number of halogens is 1. The van der Waals surface area contributed by atoms with Crippen LogP contribution >= 0.6 is 15.9 Å². The van der Waals surface area contributed by atoms with Crippen LogP contribution in [0.15, 0.2) is 28.8 Å². The van der Waals surface area contributed by atoms with Crippen molar-refractivity contribution in [3.8, 4) is 0 Å². The van der Waals surface area contributed by atoms with Crippen LogP contribution in [0.3, 0.4) is 0 Å². The van der Waals surface area contributed by atoms with Gasteiger partial charge in [-0.3, -0.25) is 4.79 Å². The molecule has 0 radical (unpaired) electrons. The third kappa shape index (κ3) is 3.28. The Balaban J connectivity index is 1.68. The first-order valence-corrected chi connectivity index (χ1v) is 8.57. The summed E-state index contributed by atoms with van der Waals surface area (Å²) in [4.78, 5) is 14.5. The molecule has 1 unspecified atom stereocenters. The number of alkyl halides is 1. The smallest absolute Gasteiger partial charge is 0.228 e. The average Bonchev–Trinajstić information content (AvgIpc) is 2.91. The maximum atomic E-state index is 12.5. The van der Waals surface area contributed by atoms with Crippen LogP contribution in [0.4, 0.5) is 0 Å². The monoisotopic (exact) mass is 350 g/mol. The molecule has 1 aliphatic heterocycles. The van der Waals surface area contributed by atoms with Crippen molar-refractivity contribution in [3.05, 3.63) is 30.0 Å². The van der Waals surface area contributed by atoms with E-state index < -0.39 is 0 Å². The topological polar surface area (TPSA) is 46.3 Å². The van der Waals surface area contributed by atoms with Gasteiger partial charge in [0.05, 0.1) is 6.42 Å². The zero-order valence-corrected chi connectivity index (χ0v) is 13.5. The highest BCUT2D eigenvalue weighted by Gasteiger charge is 2.24. The number of likely N-dealkylation sites (tertiary alicyclic amines) is 1. The molecular formula is C16H19BrN2O2. The number of para-hydroxylation sites is 1. The molecule has 1 aliphatic rings.